The number of hydrogen-bond acceptors (Lipinski definition) is 3. The van der Waals surface area contributed by atoms with Crippen LogP contribution in [0.15, 0.2) is 0 Å². The molecule has 0 fully saturated rings. The highest BCUT2D eigenvalue weighted by Crippen LogP contribution is 2.13. The van der Waals surface area contributed by atoms with Crippen molar-refractivity contribution < 1.29 is 4.74 Å². The summed E-state index contributed by atoms with van der Waals surface area (Å²) in [4.78, 5) is 2.51. The van der Waals surface area contributed by atoms with E-state index in [9.17, 15) is 0 Å². The molecule has 0 aliphatic rings. The van der Waals surface area contributed by atoms with Crippen LogP contribution in [0.2, 0.25) is 0 Å². The molecule has 0 rings (SSSR count). The highest BCUT2D eigenvalue weighted by atomic mass is 16.5. The summed E-state index contributed by atoms with van der Waals surface area (Å²) in [6.45, 7) is 12.0. The van der Waals surface area contributed by atoms with Crippen LogP contribution in [0.4, 0.5) is 0 Å². The van der Waals surface area contributed by atoms with Gasteiger partial charge in [0.05, 0.1) is 6.61 Å². The second kappa shape index (κ2) is 8.08. The lowest BCUT2D eigenvalue weighted by atomic mass is 10.0. The van der Waals surface area contributed by atoms with Crippen molar-refractivity contribution in [2.75, 3.05) is 33.9 Å². The third-order valence-corrected chi connectivity index (χ3v) is 3.09. The van der Waals surface area contributed by atoms with Gasteiger partial charge in [0.25, 0.3) is 0 Å². The number of methoxy groups -OCH3 is 1. The van der Waals surface area contributed by atoms with Gasteiger partial charge in [0.1, 0.15) is 0 Å². The summed E-state index contributed by atoms with van der Waals surface area (Å²) >= 11 is 0. The molecule has 0 aromatic heterocycles. The maximum absolute atomic E-state index is 5.16. The Balaban J connectivity index is 4.20. The lowest BCUT2D eigenvalue weighted by molar-refractivity contribution is 0.0804. The van der Waals surface area contributed by atoms with E-state index >= 15 is 0 Å². The fourth-order valence-electron chi connectivity index (χ4n) is 1.95. The molecule has 0 saturated carbocycles. The van der Waals surface area contributed by atoms with Crippen LogP contribution in [0.25, 0.3) is 0 Å². The first kappa shape index (κ1) is 14.9. The normalized spacial score (nSPS) is 16.0. The van der Waals surface area contributed by atoms with Gasteiger partial charge in [-0.1, -0.05) is 6.92 Å². The van der Waals surface area contributed by atoms with Gasteiger partial charge < -0.3 is 10.1 Å². The number of nitrogens with zero attached hydrogens (tertiary/aromatic N) is 1. The van der Waals surface area contributed by atoms with E-state index in [4.69, 9.17) is 4.74 Å². The molecule has 1 N–H and O–H groups in total. The first-order valence-electron chi connectivity index (χ1n) is 5.93. The van der Waals surface area contributed by atoms with Gasteiger partial charge in [-0.05, 0) is 40.3 Å². The zero-order valence-electron chi connectivity index (χ0n) is 11.2. The van der Waals surface area contributed by atoms with Crippen molar-refractivity contribution in [1.82, 2.24) is 10.2 Å². The van der Waals surface area contributed by atoms with Gasteiger partial charge in [0.2, 0.25) is 0 Å². The summed E-state index contributed by atoms with van der Waals surface area (Å²) in [7, 11) is 3.78. The average Bonchev–Trinajstić information content (AvgIpc) is 2.18. The molecule has 2 unspecified atom stereocenters. The van der Waals surface area contributed by atoms with E-state index in [0.717, 1.165) is 19.7 Å². The van der Waals surface area contributed by atoms with Crippen LogP contribution in [0.3, 0.4) is 0 Å². The van der Waals surface area contributed by atoms with Crippen LogP contribution in [0, 0.1) is 5.92 Å². The van der Waals surface area contributed by atoms with Crippen LogP contribution >= 0.6 is 0 Å². The molecule has 0 aromatic carbocycles. The Hall–Kier alpha value is -0.120. The molecule has 0 amide bonds. The molecule has 0 aliphatic heterocycles. The predicted molar refractivity (Wildman–Crippen MR) is 66.3 cm³/mol. The van der Waals surface area contributed by atoms with Gasteiger partial charge in [0.15, 0.2) is 0 Å². The summed E-state index contributed by atoms with van der Waals surface area (Å²) in [5.74, 6) is 0.661. The first-order valence-corrected chi connectivity index (χ1v) is 5.93. The Labute approximate surface area is 95.2 Å². The molecule has 0 bridgehead atoms. The first-order chi connectivity index (χ1) is 7.04. The van der Waals surface area contributed by atoms with E-state index in [1.807, 2.05) is 7.05 Å². The van der Waals surface area contributed by atoms with Crippen LogP contribution in [0.5, 0.6) is 0 Å². The summed E-state index contributed by atoms with van der Waals surface area (Å²) in [5, 5.41) is 3.24. The van der Waals surface area contributed by atoms with Crippen molar-refractivity contribution in [3.63, 3.8) is 0 Å². The minimum Gasteiger partial charge on any atom is -0.383 e. The second-order valence-electron chi connectivity index (χ2n) is 4.60. The van der Waals surface area contributed by atoms with E-state index in [0.29, 0.717) is 18.0 Å². The molecule has 0 heterocycles. The Morgan fingerprint density at radius 1 is 1.20 bits per heavy atom. The van der Waals surface area contributed by atoms with Crippen LogP contribution in [-0.2, 0) is 4.74 Å². The fraction of sp³-hybridized carbons (Fsp3) is 1.00. The van der Waals surface area contributed by atoms with Gasteiger partial charge in [0, 0.05) is 25.7 Å². The maximum Gasteiger partial charge on any atom is 0.0589 e. The van der Waals surface area contributed by atoms with E-state index in [-0.39, 0.29) is 0 Å². The lowest BCUT2D eigenvalue weighted by Gasteiger charge is -2.36. The lowest BCUT2D eigenvalue weighted by Crippen LogP contribution is -2.46. The van der Waals surface area contributed by atoms with Crippen LogP contribution in [0.1, 0.15) is 27.7 Å². The van der Waals surface area contributed by atoms with Gasteiger partial charge in [-0.3, -0.25) is 4.90 Å². The third kappa shape index (κ3) is 5.50. The van der Waals surface area contributed by atoms with Crippen molar-refractivity contribution in [2.24, 2.45) is 5.92 Å². The van der Waals surface area contributed by atoms with Crippen molar-refractivity contribution >= 4 is 0 Å². The summed E-state index contributed by atoms with van der Waals surface area (Å²) < 4.78 is 5.16. The Morgan fingerprint density at radius 2 is 1.80 bits per heavy atom. The Kier molecular flexibility index (Phi) is 8.02. The van der Waals surface area contributed by atoms with Gasteiger partial charge in [-0.25, -0.2) is 0 Å². The fourth-order valence-corrected chi connectivity index (χ4v) is 1.95. The molecular weight excluding hydrogens is 188 g/mol. The third-order valence-electron chi connectivity index (χ3n) is 3.09. The molecule has 3 heteroatoms. The van der Waals surface area contributed by atoms with E-state index < -0.39 is 0 Å². The minimum atomic E-state index is 0.578. The van der Waals surface area contributed by atoms with Gasteiger partial charge in [-0.2, -0.15) is 0 Å². The highest BCUT2D eigenvalue weighted by molar-refractivity contribution is 4.76. The largest absolute Gasteiger partial charge is 0.383 e. The summed E-state index contributed by atoms with van der Waals surface area (Å²) in [5.41, 5.74) is 0. The van der Waals surface area contributed by atoms with Crippen molar-refractivity contribution in [3.05, 3.63) is 0 Å². The second-order valence-corrected chi connectivity index (χ2v) is 4.60. The van der Waals surface area contributed by atoms with Crippen molar-refractivity contribution in [3.8, 4) is 0 Å². The van der Waals surface area contributed by atoms with Gasteiger partial charge >= 0.3 is 0 Å². The van der Waals surface area contributed by atoms with E-state index in [1.165, 1.54) is 0 Å². The smallest absolute Gasteiger partial charge is 0.0589 e. The van der Waals surface area contributed by atoms with Crippen molar-refractivity contribution in [2.45, 2.75) is 39.8 Å². The number of nitrogens with one attached hydrogen (secondary N) is 1. The Bertz CT molecular complexity index is 151. The average molecular weight is 216 g/mol. The standard InChI is InChI=1S/C12H28N2O/c1-10(2)14(7-8-15-6)12(4)11(3)9-13-5/h10-13H,7-9H2,1-6H3. The molecule has 15 heavy (non-hydrogen) atoms. The molecule has 0 saturated heterocycles. The van der Waals surface area contributed by atoms with Gasteiger partial charge in [-0.15, -0.1) is 0 Å². The molecule has 3 nitrogen and oxygen atoms in total. The predicted octanol–water partition coefficient (Wildman–Crippen LogP) is 1.59. The molecular formula is C12H28N2O. The number of ether oxygens (including phenoxy) is 1. The zero-order valence-corrected chi connectivity index (χ0v) is 11.2. The summed E-state index contributed by atoms with van der Waals surface area (Å²) in [6, 6.07) is 1.17. The monoisotopic (exact) mass is 216 g/mol. The van der Waals surface area contributed by atoms with E-state index in [1.54, 1.807) is 7.11 Å². The quantitative estimate of drug-likeness (QED) is 0.667. The molecule has 0 spiro atoms. The highest BCUT2D eigenvalue weighted by Gasteiger charge is 2.21. The Morgan fingerprint density at radius 3 is 2.20 bits per heavy atom. The zero-order chi connectivity index (χ0) is 11.8. The van der Waals surface area contributed by atoms with Crippen LogP contribution < -0.4 is 5.32 Å². The topological polar surface area (TPSA) is 24.5 Å². The molecule has 92 valence electrons. The number of hydrogen-bond donors (Lipinski definition) is 1. The van der Waals surface area contributed by atoms with Crippen LogP contribution in [-0.4, -0.2) is 50.8 Å². The molecule has 0 aliphatic carbocycles. The SMILES string of the molecule is CNCC(C)C(C)N(CCOC)C(C)C. The molecule has 0 aromatic rings. The number of rotatable bonds is 8. The van der Waals surface area contributed by atoms with E-state index in [2.05, 4.69) is 37.9 Å². The minimum absolute atomic E-state index is 0.578. The maximum atomic E-state index is 5.16. The van der Waals surface area contributed by atoms with Crippen molar-refractivity contribution in [1.29, 1.82) is 0 Å². The molecule has 2 atom stereocenters. The summed E-state index contributed by atoms with van der Waals surface area (Å²) in [6.07, 6.45) is 0. The molecule has 0 radical (unpaired) electrons.